The molecule has 4 rings (SSSR count). The Kier molecular flexibility index (Phi) is 5.33. The van der Waals surface area contributed by atoms with E-state index in [1.165, 1.54) is 0 Å². The van der Waals surface area contributed by atoms with Gasteiger partial charge in [-0.15, -0.1) is 10.2 Å². The quantitative estimate of drug-likeness (QED) is 0.733. The molecule has 0 unspecified atom stereocenters. The maximum Gasteiger partial charge on any atom is 0.276 e. The number of carbonyl (C=O) groups excluding carboxylic acids is 1. The third-order valence-corrected chi connectivity index (χ3v) is 4.96. The Morgan fingerprint density at radius 3 is 2.34 bits per heavy atom. The van der Waals surface area contributed by atoms with Gasteiger partial charge in [0.05, 0.1) is 0 Å². The monoisotopic (exact) mass is 389 g/mol. The van der Waals surface area contributed by atoms with Gasteiger partial charge in [0.2, 0.25) is 5.95 Å². The molecular weight excluding hydrogens is 366 g/mol. The van der Waals surface area contributed by atoms with Crippen LogP contribution in [0.2, 0.25) is 0 Å². The van der Waals surface area contributed by atoms with Crippen molar-refractivity contribution in [2.45, 2.75) is 13.8 Å². The number of hydrogen-bond donors (Lipinski definition) is 1. The lowest BCUT2D eigenvalue weighted by molar-refractivity contribution is 0.102. The highest BCUT2D eigenvalue weighted by molar-refractivity contribution is 6.03. The van der Waals surface area contributed by atoms with Crippen LogP contribution in [0.5, 0.6) is 0 Å². The van der Waals surface area contributed by atoms with E-state index in [-0.39, 0.29) is 5.91 Å². The summed E-state index contributed by atoms with van der Waals surface area (Å²) in [5, 5.41) is 11.3. The van der Waals surface area contributed by atoms with Gasteiger partial charge in [-0.2, -0.15) is 0 Å². The Hall–Kier alpha value is -3.55. The zero-order valence-electron chi connectivity index (χ0n) is 16.5. The van der Waals surface area contributed by atoms with Crippen LogP contribution in [0.4, 0.5) is 17.5 Å². The van der Waals surface area contributed by atoms with Crippen LogP contribution in [-0.4, -0.2) is 52.3 Å². The second kappa shape index (κ2) is 8.22. The normalized spacial score (nSPS) is 14.0. The second-order valence-corrected chi connectivity index (χ2v) is 7.07. The Labute approximate surface area is 169 Å². The van der Waals surface area contributed by atoms with E-state index >= 15 is 0 Å². The Morgan fingerprint density at radius 2 is 1.66 bits per heavy atom. The van der Waals surface area contributed by atoms with Crippen molar-refractivity contribution in [3.05, 3.63) is 65.6 Å². The highest BCUT2D eigenvalue weighted by atomic mass is 16.1. The summed E-state index contributed by atoms with van der Waals surface area (Å²) in [6.07, 6.45) is 3.50. The van der Waals surface area contributed by atoms with Crippen LogP contribution in [0.3, 0.4) is 0 Å². The molecule has 0 saturated carbocycles. The van der Waals surface area contributed by atoms with Crippen LogP contribution in [0, 0.1) is 13.8 Å². The number of hydrogen-bond acceptors (Lipinski definition) is 7. The minimum Gasteiger partial charge on any atom is -0.352 e. The van der Waals surface area contributed by atoms with Gasteiger partial charge < -0.3 is 15.1 Å². The maximum absolute atomic E-state index is 12.5. The first-order valence-electron chi connectivity index (χ1n) is 9.59. The minimum absolute atomic E-state index is 0.260. The molecule has 1 N–H and O–H groups in total. The number of aryl methyl sites for hydroxylation is 2. The highest BCUT2D eigenvalue weighted by Crippen LogP contribution is 2.18. The number of nitrogens with one attached hydrogen (secondary N) is 1. The average Bonchev–Trinajstić information content (AvgIpc) is 2.77. The molecule has 0 aliphatic carbocycles. The molecule has 1 fully saturated rings. The fourth-order valence-corrected chi connectivity index (χ4v) is 3.26. The van der Waals surface area contributed by atoms with Crippen molar-refractivity contribution in [2.24, 2.45) is 0 Å². The molecule has 0 atom stereocenters. The number of carbonyl (C=O) groups is 1. The summed E-state index contributed by atoms with van der Waals surface area (Å²) in [5.74, 6) is 1.25. The van der Waals surface area contributed by atoms with Crippen molar-refractivity contribution < 1.29 is 4.79 Å². The highest BCUT2D eigenvalue weighted by Gasteiger charge is 2.20. The molecule has 148 valence electrons. The van der Waals surface area contributed by atoms with Crippen molar-refractivity contribution in [1.82, 2.24) is 20.2 Å². The van der Waals surface area contributed by atoms with E-state index in [0.717, 1.165) is 54.8 Å². The number of nitrogens with zero attached hydrogens (tertiary/aromatic N) is 6. The molecule has 0 spiro atoms. The lowest BCUT2D eigenvalue weighted by Crippen LogP contribution is -2.47. The summed E-state index contributed by atoms with van der Waals surface area (Å²) >= 11 is 0. The summed E-state index contributed by atoms with van der Waals surface area (Å²) < 4.78 is 0. The van der Waals surface area contributed by atoms with Crippen molar-refractivity contribution in [1.29, 1.82) is 0 Å². The fraction of sp³-hybridized carbons (Fsp3) is 0.286. The third-order valence-electron chi connectivity index (χ3n) is 4.96. The van der Waals surface area contributed by atoms with E-state index in [1.54, 1.807) is 18.5 Å². The van der Waals surface area contributed by atoms with Crippen LogP contribution >= 0.6 is 0 Å². The van der Waals surface area contributed by atoms with Crippen LogP contribution in [-0.2, 0) is 0 Å². The smallest absolute Gasteiger partial charge is 0.276 e. The molecule has 3 heterocycles. The van der Waals surface area contributed by atoms with Crippen LogP contribution in [0.1, 0.15) is 21.6 Å². The van der Waals surface area contributed by atoms with Gasteiger partial charge in [-0.1, -0.05) is 12.1 Å². The molecule has 1 aliphatic heterocycles. The van der Waals surface area contributed by atoms with E-state index in [9.17, 15) is 4.79 Å². The molecule has 3 aromatic rings. The largest absolute Gasteiger partial charge is 0.352 e. The standard InChI is InChI=1S/C21H23N7O/c1-15-4-5-16(2)18(14-15)24-20(29)17-6-7-19(26-25-17)27-10-12-28(13-11-27)21-22-8-3-9-23-21/h3-9,14H,10-13H2,1-2H3,(H,24,29). The molecular formula is C21H23N7O. The minimum atomic E-state index is -0.260. The van der Waals surface area contributed by atoms with Crippen molar-refractivity contribution in [3.63, 3.8) is 0 Å². The zero-order valence-corrected chi connectivity index (χ0v) is 16.5. The molecule has 8 nitrogen and oxygen atoms in total. The number of amides is 1. The van der Waals surface area contributed by atoms with Gasteiger partial charge >= 0.3 is 0 Å². The number of rotatable bonds is 4. The molecule has 2 aromatic heterocycles. The van der Waals surface area contributed by atoms with Crippen molar-refractivity contribution in [3.8, 4) is 0 Å². The van der Waals surface area contributed by atoms with E-state index < -0.39 is 0 Å². The van der Waals surface area contributed by atoms with Gasteiger partial charge in [0.1, 0.15) is 0 Å². The van der Waals surface area contributed by atoms with Gasteiger partial charge in [-0.05, 0) is 49.2 Å². The molecule has 1 amide bonds. The van der Waals surface area contributed by atoms with Crippen molar-refractivity contribution in [2.75, 3.05) is 41.3 Å². The molecule has 0 bridgehead atoms. The molecule has 1 aromatic carbocycles. The van der Waals surface area contributed by atoms with Crippen LogP contribution < -0.4 is 15.1 Å². The lowest BCUT2D eigenvalue weighted by atomic mass is 10.1. The summed E-state index contributed by atoms with van der Waals surface area (Å²) in [5.41, 5.74) is 3.19. The first-order chi connectivity index (χ1) is 14.1. The number of benzene rings is 1. The van der Waals surface area contributed by atoms with E-state index in [2.05, 4.69) is 35.3 Å². The fourth-order valence-electron chi connectivity index (χ4n) is 3.26. The van der Waals surface area contributed by atoms with Gasteiger partial charge in [-0.3, -0.25) is 4.79 Å². The van der Waals surface area contributed by atoms with Gasteiger partial charge in [0.25, 0.3) is 5.91 Å². The summed E-state index contributed by atoms with van der Waals surface area (Å²) in [6, 6.07) is 11.3. The lowest BCUT2D eigenvalue weighted by Gasteiger charge is -2.35. The van der Waals surface area contributed by atoms with Gasteiger partial charge in [0.15, 0.2) is 11.5 Å². The third kappa shape index (κ3) is 4.31. The molecule has 8 heteroatoms. The maximum atomic E-state index is 12.5. The predicted octanol–water partition coefficient (Wildman–Crippen LogP) is 2.46. The zero-order chi connectivity index (χ0) is 20.2. The van der Waals surface area contributed by atoms with E-state index in [4.69, 9.17) is 0 Å². The summed E-state index contributed by atoms with van der Waals surface area (Å²) in [6.45, 7) is 7.15. The van der Waals surface area contributed by atoms with Crippen LogP contribution in [0.25, 0.3) is 0 Å². The van der Waals surface area contributed by atoms with Gasteiger partial charge in [-0.25, -0.2) is 9.97 Å². The van der Waals surface area contributed by atoms with Gasteiger partial charge in [0, 0.05) is 44.3 Å². The van der Waals surface area contributed by atoms with Crippen LogP contribution in [0.15, 0.2) is 48.8 Å². The molecule has 1 saturated heterocycles. The predicted molar refractivity (Wildman–Crippen MR) is 112 cm³/mol. The molecule has 0 radical (unpaired) electrons. The summed E-state index contributed by atoms with van der Waals surface area (Å²) in [7, 11) is 0. The van der Waals surface area contributed by atoms with Crippen molar-refractivity contribution >= 4 is 23.4 Å². The topological polar surface area (TPSA) is 87.1 Å². The number of aromatic nitrogens is 4. The Balaban J connectivity index is 1.38. The summed E-state index contributed by atoms with van der Waals surface area (Å²) in [4.78, 5) is 25.4. The first kappa shape index (κ1) is 18.8. The number of piperazine rings is 1. The number of anilines is 3. The second-order valence-electron chi connectivity index (χ2n) is 7.07. The first-order valence-corrected chi connectivity index (χ1v) is 9.59. The Bertz CT molecular complexity index is 984. The average molecular weight is 389 g/mol. The Morgan fingerprint density at radius 1 is 0.931 bits per heavy atom. The SMILES string of the molecule is Cc1ccc(C)c(NC(=O)c2ccc(N3CCN(c4ncccn4)CC3)nn2)c1. The molecule has 1 aliphatic rings. The van der Waals surface area contributed by atoms with E-state index in [1.807, 2.05) is 44.2 Å². The molecule has 29 heavy (non-hydrogen) atoms. The van der Waals surface area contributed by atoms with E-state index in [0.29, 0.717) is 5.69 Å².